The number of nitrogens with zero attached hydrogens (tertiary/aromatic N) is 5. The van der Waals surface area contributed by atoms with Crippen molar-refractivity contribution in [1.29, 1.82) is 0 Å². The number of nitrogens with one attached hydrogen (secondary N) is 1. The van der Waals surface area contributed by atoms with Gasteiger partial charge in [-0.15, -0.1) is 5.10 Å². The average molecular weight is 378 g/mol. The van der Waals surface area contributed by atoms with Gasteiger partial charge in [0.15, 0.2) is 0 Å². The van der Waals surface area contributed by atoms with Gasteiger partial charge in [-0.1, -0.05) is 6.07 Å². The molecule has 3 heterocycles. The maximum absolute atomic E-state index is 12.5. The van der Waals surface area contributed by atoms with E-state index in [4.69, 9.17) is 0 Å². The summed E-state index contributed by atoms with van der Waals surface area (Å²) in [5.41, 5.74) is 5.27. The highest BCUT2D eigenvalue weighted by Crippen LogP contribution is 2.26. The summed E-state index contributed by atoms with van der Waals surface area (Å²) in [4.78, 5) is 30.3. The van der Waals surface area contributed by atoms with Gasteiger partial charge >= 0.3 is 0 Å². The summed E-state index contributed by atoms with van der Waals surface area (Å²) in [7, 11) is 1.72. The SMILES string of the molecule is Cc1cc(-c2cn3c(C)c(C)nnc3n2)ccc1NC(=O)C1CC(=O)N(C)C1. The fraction of sp³-hybridized carbons (Fsp3) is 0.350. The van der Waals surface area contributed by atoms with E-state index in [0.717, 1.165) is 33.9 Å². The first kappa shape index (κ1) is 18.1. The molecule has 1 atom stereocenters. The van der Waals surface area contributed by atoms with Crippen molar-refractivity contribution < 1.29 is 9.59 Å². The summed E-state index contributed by atoms with van der Waals surface area (Å²) >= 11 is 0. The number of rotatable bonds is 3. The van der Waals surface area contributed by atoms with E-state index in [-0.39, 0.29) is 24.2 Å². The topological polar surface area (TPSA) is 92.5 Å². The van der Waals surface area contributed by atoms with Crippen LogP contribution >= 0.6 is 0 Å². The molecule has 1 N–H and O–H groups in total. The molecule has 1 fully saturated rings. The molecular formula is C20H22N6O2. The minimum Gasteiger partial charge on any atom is -0.345 e. The Morgan fingerprint density at radius 1 is 1.21 bits per heavy atom. The molecule has 1 saturated heterocycles. The second-order valence-electron chi connectivity index (χ2n) is 7.36. The van der Waals surface area contributed by atoms with Crippen LogP contribution in [0.2, 0.25) is 0 Å². The van der Waals surface area contributed by atoms with Crippen molar-refractivity contribution in [1.82, 2.24) is 24.5 Å². The van der Waals surface area contributed by atoms with Crippen LogP contribution in [-0.4, -0.2) is 49.9 Å². The molecule has 144 valence electrons. The molecule has 4 rings (SSSR count). The maximum atomic E-state index is 12.5. The Morgan fingerprint density at radius 3 is 2.68 bits per heavy atom. The Morgan fingerprint density at radius 2 is 2.00 bits per heavy atom. The number of likely N-dealkylation sites (tertiary alicyclic amines) is 1. The first-order valence-electron chi connectivity index (χ1n) is 9.18. The first-order chi connectivity index (χ1) is 13.3. The van der Waals surface area contributed by atoms with Crippen LogP contribution in [0.4, 0.5) is 5.69 Å². The average Bonchev–Trinajstić information content (AvgIpc) is 3.24. The Bertz CT molecular complexity index is 1100. The third kappa shape index (κ3) is 3.11. The van der Waals surface area contributed by atoms with E-state index in [1.54, 1.807) is 11.9 Å². The van der Waals surface area contributed by atoms with Gasteiger partial charge in [-0.05, 0) is 38.5 Å². The standard InChI is InChI=1S/C20H22N6O2/c1-11-7-14(17-10-26-13(3)12(2)23-24-20(26)22-17)5-6-16(11)21-19(28)15-8-18(27)25(4)9-15/h5-7,10,15H,8-9H2,1-4H3,(H,21,28). The van der Waals surface area contributed by atoms with Gasteiger partial charge < -0.3 is 10.2 Å². The van der Waals surface area contributed by atoms with Crippen LogP contribution in [0.3, 0.4) is 0 Å². The van der Waals surface area contributed by atoms with Crippen molar-refractivity contribution in [2.45, 2.75) is 27.2 Å². The summed E-state index contributed by atoms with van der Waals surface area (Å²) < 4.78 is 1.93. The van der Waals surface area contributed by atoms with Gasteiger partial charge in [-0.25, -0.2) is 4.98 Å². The Kier molecular flexibility index (Phi) is 4.33. The van der Waals surface area contributed by atoms with Gasteiger partial charge in [0.2, 0.25) is 11.8 Å². The lowest BCUT2D eigenvalue weighted by molar-refractivity contribution is -0.127. The van der Waals surface area contributed by atoms with Gasteiger partial charge in [-0.2, -0.15) is 5.10 Å². The zero-order valence-corrected chi connectivity index (χ0v) is 16.4. The van der Waals surface area contributed by atoms with E-state index in [9.17, 15) is 9.59 Å². The smallest absolute Gasteiger partial charge is 0.254 e. The number of carbonyl (C=O) groups excluding carboxylic acids is 2. The van der Waals surface area contributed by atoms with Crippen LogP contribution in [0.5, 0.6) is 0 Å². The van der Waals surface area contributed by atoms with E-state index in [1.807, 2.05) is 49.6 Å². The molecule has 1 unspecified atom stereocenters. The molecule has 0 saturated carbocycles. The van der Waals surface area contributed by atoms with Crippen molar-refractivity contribution in [2.24, 2.45) is 5.92 Å². The van der Waals surface area contributed by atoms with Gasteiger partial charge in [-0.3, -0.25) is 14.0 Å². The molecule has 0 spiro atoms. The number of benzene rings is 1. The van der Waals surface area contributed by atoms with Crippen LogP contribution in [0.1, 0.15) is 23.4 Å². The summed E-state index contributed by atoms with van der Waals surface area (Å²) in [6.45, 7) is 6.30. The molecule has 8 heteroatoms. The summed E-state index contributed by atoms with van der Waals surface area (Å²) in [5.74, 6) is 0.137. The molecule has 2 aromatic heterocycles. The molecule has 0 bridgehead atoms. The highest BCUT2D eigenvalue weighted by Gasteiger charge is 2.32. The summed E-state index contributed by atoms with van der Waals surface area (Å²) in [5, 5.41) is 11.2. The zero-order chi connectivity index (χ0) is 20.0. The first-order valence-corrected chi connectivity index (χ1v) is 9.18. The lowest BCUT2D eigenvalue weighted by Crippen LogP contribution is -2.26. The molecule has 28 heavy (non-hydrogen) atoms. The number of hydrogen-bond donors (Lipinski definition) is 1. The Hall–Kier alpha value is -3.29. The van der Waals surface area contributed by atoms with Crippen molar-refractivity contribution >= 4 is 23.3 Å². The second-order valence-corrected chi connectivity index (χ2v) is 7.36. The molecule has 1 aliphatic rings. The lowest BCUT2D eigenvalue weighted by Gasteiger charge is -2.13. The molecule has 0 radical (unpaired) electrons. The number of carbonyl (C=O) groups is 2. The Labute approximate surface area is 162 Å². The van der Waals surface area contributed by atoms with Crippen molar-refractivity contribution in [2.75, 3.05) is 18.9 Å². The van der Waals surface area contributed by atoms with Gasteiger partial charge in [0.1, 0.15) is 0 Å². The van der Waals surface area contributed by atoms with Crippen molar-refractivity contribution in [3.05, 3.63) is 41.3 Å². The van der Waals surface area contributed by atoms with Gasteiger partial charge in [0, 0.05) is 43.2 Å². The van der Waals surface area contributed by atoms with E-state index < -0.39 is 0 Å². The summed E-state index contributed by atoms with van der Waals surface area (Å²) in [6, 6.07) is 5.78. The fourth-order valence-electron chi connectivity index (χ4n) is 3.43. The van der Waals surface area contributed by atoms with Crippen molar-refractivity contribution in [3.63, 3.8) is 0 Å². The van der Waals surface area contributed by atoms with E-state index in [0.29, 0.717) is 12.3 Å². The molecule has 1 aromatic carbocycles. The highest BCUT2D eigenvalue weighted by atomic mass is 16.2. The van der Waals surface area contributed by atoms with E-state index in [2.05, 4.69) is 20.5 Å². The van der Waals surface area contributed by atoms with Gasteiger partial charge in [0.25, 0.3) is 5.78 Å². The molecule has 1 aliphatic heterocycles. The minimum atomic E-state index is -0.306. The molecule has 2 amide bonds. The predicted octanol–water partition coefficient (Wildman–Crippen LogP) is 2.13. The Balaban J connectivity index is 1.57. The molecular weight excluding hydrogens is 356 g/mol. The van der Waals surface area contributed by atoms with Crippen LogP contribution in [0.25, 0.3) is 17.0 Å². The molecule has 0 aliphatic carbocycles. The molecule has 3 aromatic rings. The van der Waals surface area contributed by atoms with Crippen LogP contribution < -0.4 is 5.32 Å². The normalized spacial score (nSPS) is 16.8. The number of aryl methyl sites for hydroxylation is 3. The minimum absolute atomic E-state index is 0.00713. The third-order valence-corrected chi connectivity index (χ3v) is 5.35. The maximum Gasteiger partial charge on any atom is 0.254 e. The second kappa shape index (κ2) is 6.70. The fourth-order valence-corrected chi connectivity index (χ4v) is 3.43. The quantitative estimate of drug-likeness (QED) is 0.754. The number of hydrogen-bond acceptors (Lipinski definition) is 5. The predicted molar refractivity (Wildman–Crippen MR) is 105 cm³/mol. The van der Waals surface area contributed by atoms with E-state index in [1.165, 1.54) is 0 Å². The number of anilines is 1. The number of imidazole rings is 1. The van der Waals surface area contributed by atoms with Crippen molar-refractivity contribution in [3.8, 4) is 11.3 Å². The lowest BCUT2D eigenvalue weighted by atomic mass is 10.1. The highest BCUT2D eigenvalue weighted by molar-refractivity contribution is 5.97. The monoisotopic (exact) mass is 378 g/mol. The van der Waals surface area contributed by atoms with E-state index >= 15 is 0 Å². The number of aromatic nitrogens is 4. The summed E-state index contributed by atoms with van der Waals surface area (Å²) in [6.07, 6.45) is 2.21. The van der Waals surface area contributed by atoms with Gasteiger partial charge in [0.05, 0.1) is 17.3 Å². The largest absolute Gasteiger partial charge is 0.345 e. The van der Waals surface area contributed by atoms with Crippen LogP contribution in [0.15, 0.2) is 24.4 Å². The van der Waals surface area contributed by atoms with Crippen LogP contribution in [0, 0.1) is 26.7 Å². The third-order valence-electron chi connectivity index (χ3n) is 5.35. The molecule has 8 nitrogen and oxygen atoms in total. The van der Waals surface area contributed by atoms with Crippen LogP contribution in [-0.2, 0) is 9.59 Å². The zero-order valence-electron chi connectivity index (χ0n) is 16.4. The number of fused-ring (bicyclic) bond motifs is 1. The number of amides is 2.